The summed E-state index contributed by atoms with van der Waals surface area (Å²) in [6, 6.07) is 6.00. The van der Waals surface area contributed by atoms with E-state index in [4.69, 9.17) is 5.73 Å². The number of aromatic nitrogens is 1. The molecule has 0 unspecified atom stereocenters. The Morgan fingerprint density at radius 2 is 1.53 bits per heavy atom. The van der Waals surface area contributed by atoms with Crippen LogP contribution in [0.15, 0.2) is 31.6 Å². The minimum atomic E-state index is 0.740. The summed E-state index contributed by atoms with van der Waals surface area (Å²) in [4.78, 5) is 0. The monoisotopic (exact) mass is 420 g/mol. The van der Waals surface area contributed by atoms with Gasteiger partial charge in [-0.2, -0.15) is 0 Å². The topological polar surface area (TPSA) is 30.9 Å². The predicted molar refractivity (Wildman–Crippen MR) is 82.8 cm³/mol. The third kappa shape index (κ3) is 2.33. The van der Waals surface area contributed by atoms with Crippen molar-refractivity contribution in [2.45, 2.75) is 13.8 Å². The Morgan fingerprint density at radius 1 is 1.00 bits per heavy atom. The second-order valence-corrected chi connectivity index (χ2v) is 6.52. The summed E-state index contributed by atoms with van der Waals surface area (Å²) in [5, 5.41) is 0. The Morgan fingerprint density at radius 3 is 1.94 bits per heavy atom. The molecule has 5 heteroatoms. The highest BCUT2D eigenvalue weighted by molar-refractivity contribution is 9.11. The summed E-state index contributed by atoms with van der Waals surface area (Å²) >= 11 is 10.6. The molecular weight excluding hydrogens is 412 g/mol. The van der Waals surface area contributed by atoms with Crippen molar-refractivity contribution in [3.8, 4) is 5.69 Å². The predicted octanol–water partition coefficient (Wildman–Crippen LogP) is 4.96. The van der Waals surface area contributed by atoms with E-state index in [2.05, 4.69) is 61.6 Å². The maximum Gasteiger partial charge on any atom is 0.108 e. The molecule has 0 aliphatic rings. The summed E-state index contributed by atoms with van der Waals surface area (Å²) in [6.07, 6.45) is 0. The van der Waals surface area contributed by atoms with Gasteiger partial charge in [0.25, 0.3) is 0 Å². The van der Waals surface area contributed by atoms with E-state index in [1.54, 1.807) is 0 Å². The molecule has 0 aliphatic carbocycles. The summed E-state index contributed by atoms with van der Waals surface area (Å²) in [6.45, 7) is 4.12. The number of hydrogen-bond donors (Lipinski definition) is 1. The number of hydrogen-bond acceptors (Lipinski definition) is 1. The maximum atomic E-state index is 6.06. The van der Waals surface area contributed by atoms with Crippen LogP contribution in [0, 0.1) is 13.8 Å². The van der Waals surface area contributed by atoms with Crippen molar-refractivity contribution in [2.75, 3.05) is 5.73 Å². The molecule has 2 N–H and O–H groups in total. The lowest BCUT2D eigenvalue weighted by molar-refractivity contribution is 1.00. The first kappa shape index (κ1) is 13.2. The second kappa shape index (κ2) is 4.78. The third-order valence-corrected chi connectivity index (χ3v) is 4.40. The van der Waals surface area contributed by atoms with E-state index in [1.165, 1.54) is 5.56 Å². The molecule has 1 aromatic heterocycles. The molecule has 1 aromatic carbocycles. The van der Waals surface area contributed by atoms with Crippen LogP contribution in [-0.2, 0) is 0 Å². The molecule has 0 spiro atoms. The molecule has 90 valence electrons. The van der Waals surface area contributed by atoms with Gasteiger partial charge in [0, 0.05) is 19.1 Å². The van der Waals surface area contributed by atoms with Crippen molar-refractivity contribution < 1.29 is 0 Å². The molecule has 0 saturated heterocycles. The molecule has 2 aromatic rings. The number of rotatable bonds is 1. The van der Waals surface area contributed by atoms with Crippen LogP contribution >= 0.6 is 47.8 Å². The first-order chi connectivity index (χ1) is 7.91. The smallest absolute Gasteiger partial charge is 0.108 e. The molecule has 0 fully saturated rings. The lowest BCUT2D eigenvalue weighted by Crippen LogP contribution is -2.03. The molecule has 0 bridgehead atoms. The van der Waals surface area contributed by atoms with Crippen LogP contribution in [0.2, 0.25) is 0 Å². The van der Waals surface area contributed by atoms with Gasteiger partial charge in [-0.15, -0.1) is 0 Å². The molecule has 0 atom stereocenters. The summed E-state index contributed by atoms with van der Waals surface area (Å²) < 4.78 is 5.03. The molecule has 17 heavy (non-hydrogen) atoms. The molecule has 0 amide bonds. The van der Waals surface area contributed by atoms with Crippen molar-refractivity contribution in [3.05, 3.63) is 42.9 Å². The van der Waals surface area contributed by atoms with Gasteiger partial charge >= 0.3 is 0 Å². The van der Waals surface area contributed by atoms with Crippen molar-refractivity contribution in [1.29, 1.82) is 0 Å². The van der Waals surface area contributed by atoms with Crippen LogP contribution in [0.4, 0.5) is 5.82 Å². The fourth-order valence-corrected chi connectivity index (χ4v) is 4.42. The lowest BCUT2D eigenvalue weighted by atomic mass is 10.3. The average molecular weight is 423 g/mol. The minimum Gasteiger partial charge on any atom is -0.385 e. The minimum absolute atomic E-state index is 0.740. The Bertz CT molecular complexity index is 565. The number of nitrogens with two attached hydrogens (primary N) is 1. The van der Waals surface area contributed by atoms with Gasteiger partial charge in [0.05, 0.1) is 5.69 Å². The number of halogens is 3. The summed E-state index contributed by atoms with van der Waals surface area (Å²) in [7, 11) is 0. The number of nitrogens with zero attached hydrogens (tertiary/aromatic N) is 1. The SMILES string of the molecule is Cc1cc(N)n(-c2c(Br)cc(Br)cc2Br)c1C. The van der Waals surface area contributed by atoms with Crippen LogP contribution < -0.4 is 5.73 Å². The molecular formula is C12H11Br3N2. The average Bonchev–Trinajstić information content (AvgIpc) is 2.43. The van der Waals surface area contributed by atoms with E-state index in [-0.39, 0.29) is 0 Å². The normalized spacial score (nSPS) is 10.9. The Kier molecular flexibility index (Phi) is 3.71. The fourth-order valence-electron chi connectivity index (χ4n) is 1.81. The van der Waals surface area contributed by atoms with Crippen molar-refractivity contribution >= 4 is 53.6 Å². The zero-order valence-electron chi connectivity index (χ0n) is 9.39. The van der Waals surface area contributed by atoms with Crippen LogP contribution in [-0.4, -0.2) is 4.57 Å². The van der Waals surface area contributed by atoms with E-state index in [0.29, 0.717) is 0 Å². The highest BCUT2D eigenvalue weighted by Crippen LogP contribution is 2.36. The maximum absolute atomic E-state index is 6.06. The van der Waals surface area contributed by atoms with Gasteiger partial charge in [-0.25, -0.2) is 0 Å². The fraction of sp³-hybridized carbons (Fsp3) is 0.167. The zero-order chi connectivity index (χ0) is 12.7. The van der Waals surface area contributed by atoms with Gasteiger partial charge in [-0.3, -0.25) is 4.57 Å². The van der Waals surface area contributed by atoms with E-state index in [1.807, 2.05) is 22.8 Å². The number of nitrogen functional groups attached to an aromatic ring is 1. The van der Waals surface area contributed by atoms with E-state index in [0.717, 1.165) is 30.6 Å². The van der Waals surface area contributed by atoms with Gasteiger partial charge in [-0.05, 0) is 69.5 Å². The lowest BCUT2D eigenvalue weighted by Gasteiger charge is -2.14. The first-order valence-corrected chi connectivity index (χ1v) is 7.39. The van der Waals surface area contributed by atoms with Crippen LogP contribution in [0.5, 0.6) is 0 Å². The first-order valence-electron chi connectivity index (χ1n) is 5.01. The molecule has 0 saturated carbocycles. The molecule has 2 nitrogen and oxygen atoms in total. The molecule has 0 radical (unpaired) electrons. The molecule has 0 aliphatic heterocycles. The van der Waals surface area contributed by atoms with Crippen LogP contribution in [0.1, 0.15) is 11.3 Å². The Labute approximate surface area is 126 Å². The number of anilines is 1. The highest BCUT2D eigenvalue weighted by Gasteiger charge is 2.14. The van der Waals surface area contributed by atoms with E-state index < -0.39 is 0 Å². The Balaban J connectivity index is 2.77. The van der Waals surface area contributed by atoms with Crippen molar-refractivity contribution in [2.24, 2.45) is 0 Å². The van der Waals surface area contributed by atoms with E-state index >= 15 is 0 Å². The van der Waals surface area contributed by atoms with Crippen LogP contribution in [0.3, 0.4) is 0 Å². The number of benzene rings is 1. The molecule has 2 rings (SSSR count). The summed E-state index contributed by atoms with van der Waals surface area (Å²) in [5.74, 6) is 0.740. The van der Waals surface area contributed by atoms with Gasteiger partial charge in [0.15, 0.2) is 0 Å². The zero-order valence-corrected chi connectivity index (χ0v) is 14.1. The largest absolute Gasteiger partial charge is 0.385 e. The van der Waals surface area contributed by atoms with E-state index in [9.17, 15) is 0 Å². The van der Waals surface area contributed by atoms with Crippen molar-refractivity contribution in [3.63, 3.8) is 0 Å². The third-order valence-electron chi connectivity index (χ3n) is 2.73. The quantitative estimate of drug-likeness (QED) is 0.691. The van der Waals surface area contributed by atoms with Gasteiger partial charge < -0.3 is 5.73 Å². The highest BCUT2D eigenvalue weighted by atomic mass is 79.9. The van der Waals surface area contributed by atoms with Crippen molar-refractivity contribution in [1.82, 2.24) is 4.57 Å². The summed E-state index contributed by atoms with van der Waals surface area (Å²) in [5.41, 5.74) is 9.41. The van der Waals surface area contributed by atoms with Gasteiger partial charge in [0.1, 0.15) is 5.82 Å². The Hall–Kier alpha value is -0.260. The number of aryl methyl sites for hydroxylation is 1. The second-order valence-electron chi connectivity index (χ2n) is 3.89. The van der Waals surface area contributed by atoms with Gasteiger partial charge in [-0.1, -0.05) is 15.9 Å². The molecule has 1 heterocycles. The van der Waals surface area contributed by atoms with Crippen LogP contribution in [0.25, 0.3) is 5.69 Å². The van der Waals surface area contributed by atoms with Gasteiger partial charge in [0.2, 0.25) is 0 Å². The standard InChI is InChI=1S/C12H11Br3N2/c1-6-3-11(16)17(7(6)2)12-9(14)4-8(13)5-10(12)15/h3-5H,16H2,1-2H3.